The minimum atomic E-state index is -0.304. The number of carbonyl (C=O) groups excluding carboxylic acids is 3. The van der Waals surface area contributed by atoms with Crippen molar-refractivity contribution in [3.05, 3.63) is 48.3 Å². The van der Waals surface area contributed by atoms with Gasteiger partial charge in [0, 0.05) is 57.3 Å². The topological polar surface area (TPSA) is 104 Å². The van der Waals surface area contributed by atoms with Gasteiger partial charge in [-0.3, -0.25) is 14.6 Å². The molecule has 0 spiro atoms. The van der Waals surface area contributed by atoms with Crippen molar-refractivity contribution in [3.63, 3.8) is 0 Å². The predicted octanol–water partition coefficient (Wildman–Crippen LogP) is 2.67. The van der Waals surface area contributed by atoms with E-state index in [4.69, 9.17) is 4.74 Å². The van der Waals surface area contributed by atoms with Crippen LogP contribution in [-0.2, 0) is 4.79 Å². The summed E-state index contributed by atoms with van der Waals surface area (Å²) < 4.78 is 5.38. The average Bonchev–Trinajstić information content (AvgIpc) is 2.80. The van der Waals surface area contributed by atoms with Crippen LogP contribution in [0.15, 0.2) is 42.7 Å². The van der Waals surface area contributed by atoms with Crippen LogP contribution in [-0.4, -0.2) is 66.9 Å². The first-order valence-corrected chi connectivity index (χ1v) is 10.1. The summed E-state index contributed by atoms with van der Waals surface area (Å²) >= 11 is 0. The maximum atomic E-state index is 12.7. The predicted molar refractivity (Wildman–Crippen MR) is 117 cm³/mol. The smallest absolute Gasteiger partial charge is 0.319 e. The number of carbonyl (C=O) groups is 3. The van der Waals surface area contributed by atoms with Gasteiger partial charge in [0.2, 0.25) is 5.91 Å². The van der Waals surface area contributed by atoms with Crippen molar-refractivity contribution in [2.24, 2.45) is 5.92 Å². The lowest BCUT2D eigenvalue weighted by Gasteiger charge is -2.33. The second-order valence-corrected chi connectivity index (χ2v) is 7.54. The van der Waals surface area contributed by atoms with Crippen LogP contribution in [0.3, 0.4) is 0 Å². The van der Waals surface area contributed by atoms with E-state index in [0.29, 0.717) is 48.6 Å². The van der Waals surface area contributed by atoms with Gasteiger partial charge >= 0.3 is 6.03 Å². The number of ether oxygens (including phenoxy) is 1. The Balaban J connectivity index is 1.60. The van der Waals surface area contributed by atoms with Gasteiger partial charge in [0.15, 0.2) is 0 Å². The number of methoxy groups -OCH3 is 1. The maximum Gasteiger partial charge on any atom is 0.319 e. The van der Waals surface area contributed by atoms with E-state index in [2.05, 4.69) is 15.6 Å². The number of hydrogen-bond donors (Lipinski definition) is 2. The van der Waals surface area contributed by atoms with Crippen LogP contribution in [0.2, 0.25) is 0 Å². The number of amides is 4. The lowest BCUT2D eigenvalue weighted by molar-refractivity contribution is -0.121. The molecule has 164 valence electrons. The summed E-state index contributed by atoms with van der Waals surface area (Å²) in [5.41, 5.74) is 1.50. The molecule has 0 unspecified atom stereocenters. The van der Waals surface area contributed by atoms with E-state index in [0.717, 1.165) is 0 Å². The number of piperidine rings is 1. The molecule has 1 saturated heterocycles. The first-order chi connectivity index (χ1) is 14.9. The molecule has 3 rings (SSSR count). The fourth-order valence-electron chi connectivity index (χ4n) is 3.42. The monoisotopic (exact) mass is 425 g/mol. The van der Waals surface area contributed by atoms with Crippen LogP contribution in [0.1, 0.15) is 23.2 Å². The van der Waals surface area contributed by atoms with Gasteiger partial charge in [-0.15, -0.1) is 0 Å². The van der Waals surface area contributed by atoms with Gasteiger partial charge < -0.3 is 25.2 Å². The van der Waals surface area contributed by atoms with Crippen molar-refractivity contribution < 1.29 is 19.1 Å². The fraction of sp³-hybridized carbons (Fsp3) is 0.364. The fourth-order valence-corrected chi connectivity index (χ4v) is 3.42. The van der Waals surface area contributed by atoms with Gasteiger partial charge in [0.25, 0.3) is 5.91 Å². The third-order valence-corrected chi connectivity index (χ3v) is 5.16. The molecular formula is C22H27N5O4. The Morgan fingerprint density at radius 1 is 1.13 bits per heavy atom. The summed E-state index contributed by atoms with van der Waals surface area (Å²) in [6, 6.07) is 8.38. The molecule has 0 saturated carbocycles. The molecule has 0 atom stereocenters. The van der Waals surface area contributed by atoms with Crippen molar-refractivity contribution in [2.75, 3.05) is 44.9 Å². The van der Waals surface area contributed by atoms with Crippen molar-refractivity contribution in [1.82, 2.24) is 14.8 Å². The number of nitrogens with zero attached hydrogens (tertiary/aromatic N) is 3. The summed E-state index contributed by atoms with van der Waals surface area (Å²) in [7, 11) is 4.94. The Labute approximate surface area is 181 Å². The summed E-state index contributed by atoms with van der Waals surface area (Å²) in [6.07, 6.45) is 4.30. The second-order valence-electron chi connectivity index (χ2n) is 7.54. The Bertz CT molecular complexity index is 940. The summed E-state index contributed by atoms with van der Waals surface area (Å²) in [6.45, 7) is 1.11. The minimum absolute atomic E-state index is 0.0347. The summed E-state index contributed by atoms with van der Waals surface area (Å²) in [5, 5.41) is 5.70. The van der Waals surface area contributed by atoms with Crippen LogP contribution in [0.4, 0.5) is 16.2 Å². The molecule has 1 aromatic heterocycles. The molecule has 2 N–H and O–H groups in total. The van der Waals surface area contributed by atoms with Gasteiger partial charge in [-0.1, -0.05) is 0 Å². The number of anilines is 2. The number of urea groups is 1. The Morgan fingerprint density at radius 2 is 1.87 bits per heavy atom. The highest BCUT2D eigenvalue weighted by Crippen LogP contribution is 2.29. The number of rotatable bonds is 5. The molecule has 1 aliphatic rings. The van der Waals surface area contributed by atoms with E-state index < -0.39 is 0 Å². The standard InChI is InChI=1S/C22H27N5O4/c1-26(2)22(30)27-11-8-15(9-12-27)20(28)24-17-6-7-18(19(13-17)31-3)25-21(29)16-5-4-10-23-14-16/h4-7,10,13-15H,8-9,11-12H2,1-3H3,(H,24,28)(H,25,29). The van der Waals surface area contributed by atoms with Gasteiger partial charge in [-0.05, 0) is 37.1 Å². The average molecular weight is 425 g/mol. The highest BCUT2D eigenvalue weighted by Gasteiger charge is 2.28. The second kappa shape index (κ2) is 9.92. The van der Waals surface area contributed by atoms with Gasteiger partial charge in [0.1, 0.15) is 5.75 Å². The van der Waals surface area contributed by atoms with Crippen molar-refractivity contribution in [2.45, 2.75) is 12.8 Å². The van der Waals surface area contributed by atoms with Crippen LogP contribution in [0.25, 0.3) is 0 Å². The normalized spacial score (nSPS) is 14.0. The van der Waals surface area contributed by atoms with Crippen molar-refractivity contribution in [3.8, 4) is 5.75 Å². The van der Waals surface area contributed by atoms with E-state index in [9.17, 15) is 14.4 Å². The lowest BCUT2D eigenvalue weighted by atomic mass is 9.96. The Morgan fingerprint density at radius 3 is 2.48 bits per heavy atom. The van der Waals surface area contributed by atoms with Crippen molar-refractivity contribution in [1.29, 1.82) is 0 Å². The number of nitrogens with one attached hydrogen (secondary N) is 2. The molecular weight excluding hydrogens is 398 g/mol. The molecule has 9 heteroatoms. The molecule has 31 heavy (non-hydrogen) atoms. The molecule has 4 amide bonds. The molecule has 1 aromatic carbocycles. The van der Waals surface area contributed by atoms with Crippen LogP contribution in [0, 0.1) is 5.92 Å². The van der Waals surface area contributed by atoms with Crippen LogP contribution in [0.5, 0.6) is 5.75 Å². The van der Waals surface area contributed by atoms with E-state index in [1.54, 1.807) is 60.4 Å². The summed E-state index contributed by atoms with van der Waals surface area (Å²) in [4.78, 5) is 44.3. The highest BCUT2D eigenvalue weighted by molar-refractivity contribution is 6.05. The Hall–Kier alpha value is -3.62. The molecule has 1 aliphatic heterocycles. The number of likely N-dealkylation sites (tertiary alicyclic amines) is 1. The van der Waals surface area contributed by atoms with E-state index >= 15 is 0 Å². The first kappa shape index (κ1) is 22.1. The quantitative estimate of drug-likeness (QED) is 0.767. The molecule has 9 nitrogen and oxygen atoms in total. The maximum absolute atomic E-state index is 12.7. The van der Waals surface area contributed by atoms with Crippen LogP contribution >= 0.6 is 0 Å². The van der Waals surface area contributed by atoms with Crippen LogP contribution < -0.4 is 15.4 Å². The van der Waals surface area contributed by atoms with E-state index in [-0.39, 0.29) is 23.8 Å². The van der Waals surface area contributed by atoms with Gasteiger partial charge in [-0.2, -0.15) is 0 Å². The zero-order chi connectivity index (χ0) is 22.4. The zero-order valence-corrected chi connectivity index (χ0v) is 17.9. The molecule has 0 bridgehead atoms. The lowest BCUT2D eigenvalue weighted by Crippen LogP contribution is -2.45. The first-order valence-electron chi connectivity index (χ1n) is 10.1. The summed E-state index contributed by atoms with van der Waals surface area (Å²) in [5.74, 6) is -0.128. The number of aromatic nitrogens is 1. The third kappa shape index (κ3) is 5.50. The van der Waals surface area contributed by atoms with Crippen molar-refractivity contribution >= 4 is 29.2 Å². The molecule has 0 radical (unpaired) electrons. The third-order valence-electron chi connectivity index (χ3n) is 5.16. The molecule has 2 heterocycles. The Kier molecular flexibility index (Phi) is 7.07. The highest BCUT2D eigenvalue weighted by atomic mass is 16.5. The molecule has 1 fully saturated rings. The van der Waals surface area contributed by atoms with E-state index in [1.807, 2.05) is 0 Å². The van der Waals surface area contributed by atoms with Gasteiger partial charge in [-0.25, -0.2) is 4.79 Å². The number of pyridine rings is 1. The minimum Gasteiger partial charge on any atom is -0.494 e. The molecule has 2 aromatic rings. The zero-order valence-electron chi connectivity index (χ0n) is 17.9. The largest absolute Gasteiger partial charge is 0.494 e. The number of benzene rings is 1. The van der Waals surface area contributed by atoms with Gasteiger partial charge in [0.05, 0.1) is 18.4 Å². The van der Waals surface area contributed by atoms with E-state index in [1.165, 1.54) is 13.3 Å². The molecule has 0 aliphatic carbocycles. The number of hydrogen-bond acceptors (Lipinski definition) is 5. The SMILES string of the molecule is COc1cc(NC(=O)C2CCN(C(=O)N(C)C)CC2)ccc1NC(=O)c1cccnc1.